The van der Waals surface area contributed by atoms with Gasteiger partial charge in [0.25, 0.3) is 5.91 Å². The highest BCUT2D eigenvalue weighted by atomic mass is 79.9. The second-order valence-corrected chi connectivity index (χ2v) is 5.51. The fourth-order valence-electron chi connectivity index (χ4n) is 1.94. The van der Waals surface area contributed by atoms with Gasteiger partial charge in [-0.3, -0.25) is 4.79 Å². The molecule has 1 aliphatic carbocycles. The number of amides is 1. The van der Waals surface area contributed by atoms with E-state index >= 15 is 0 Å². The molecule has 86 valence electrons. The van der Waals surface area contributed by atoms with Gasteiger partial charge in [-0.2, -0.15) is 4.99 Å². The van der Waals surface area contributed by atoms with E-state index < -0.39 is 0 Å². The summed E-state index contributed by atoms with van der Waals surface area (Å²) in [6, 6.07) is 0. The third-order valence-corrected chi connectivity index (χ3v) is 4.57. The SMILES string of the molecule is COC1=C(Br)C=CC2=C3C(=O)N=CN=C3SC21. The van der Waals surface area contributed by atoms with Gasteiger partial charge in [0.2, 0.25) is 0 Å². The Hall–Kier alpha value is -1.14. The van der Waals surface area contributed by atoms with Crippen molar-refractivity contribution in [3.05, 3.63) is 33.5 Å². The zero-order chi connectivity index (χ0) is 12.0. The quantitative estimate of drug-likeness (QED) is 0.746. The number of carbonyl (C=O) groups is 1. The van der Waals surface area contributed by atoms with Crippen molar-refractivity contribution in [2.75, 3.05) is 7.11 Å². The second kappa shape index (κ2) is 3.96. The summed E-state index contributed by atoms with van der Waals surface area (Å²) in [4.78, 5) is 19.6. The standard InChI is InChI=1S/C11H7BrN2O2S/c1-16-8-6(12)3-2-5-7-10(15)13-4-14-11(7)17-9(5)8/h2-4,9H,1H3. The first-order valence-electron chi connectivity index (χ1n) is 4.90. The summed E-state index contributed by atoms with van der Waals surface area (Å²) in [5.41, 5.74) is 1.53. The monoisotopic (exact) mass is 310 g/mol. The van der Waals surface area contributed by atoms with E-state index in [1.807, 2.05) is 12.2 Å². The van der Waals surface area contributed by atoms with Gasteiger partial charge in [-0.1, -0.05) is 17.8 Å². The van der Waals surface area contributed by atoms with Crippen LogP contribution in [0.15, 0.2) is 43.5 Å². The molecule has 0 aromatic rings. The maximum Gasteiger partial charge on any atom is 0.281 e. The van der Waals surface area contributed by atoms with Gasteiger partial charge in [-0.05, 0) is 27.6 Å². The molecular weight excluding hydrogens is 304 g/mol. The van der Waals surface area contributed by atoms with E-state index in [2.05, 4.69) is 25.9 Å². The lowest BCUT2D eigenvalue weighted by molar-refractivity contribution is -0.113. The van der Waals surface area contributed by atoms with Crippen molar-refractivity contribution >= 4 is 45.0 Å². The van der Waals surface area contributed by atoms with Crippen LogP contribution >= 0.6 is 27.7 Å². The predicted molar refractivity (Wildman–Crippen MR) is 71.4 cm³/mol. The van der Waals surface area contributed by atoms with Crippen molar-refractivity contribution in [2.45, 2.75) is 5.25 Å². The summed E-state index contributed by atoms with van der Waals surface area (Å²) in [7, 11) is 1.63. The molecule has 0 radical (unpaired) electrons. The first kappa shape index (κ1) is 11.0. The van der Waals surface area contributed by atoms with Crippen LogP contribution in [0.25, 0.3) is 0 Å². The van der Waals surface area contributed by atoms with Gasteiger partial charge >= 0.3 is 0 Å². The molecule has 2 heterocycles. The van der Waals surface area contributed by atoms with Crippen molar-refractivity contribution in [3.63, 3.8) is 0 Å². The minimum absolute atomic E-state index is 0.00113. The molecule has 0 saturated carbocycles. The van der Waals surface area contributed by atoms with E-state index in [9.17, 15) is 4.79 Å². The molecule has 0 bridgehead atoms. The van der Waals surface area contributed by atoms with E-state index in [0.717, 1.165) is 20.9 Å². The predicted octanol–water partition coefficient (Wildman–Crippen LogP) is 2.19. The molecule has 0 spiro atoms. The number of rotatable bonds is 1. The number of thioether (sulfide) groups is 1. The van der Waals surface area contributed by atoms with E-state index in [1.54, 1.807) is 7.11 Å². The number of ether oxygens (including phenoxy) is 1. The average Bonchev–Trinajstić information content (AvgIpc) is 2.68. The summed E-state index contributed by atoms with van der Waals surface area (Å²) in [5, 5.41) is 0.727. The van der Waals surface area contributed by atoms with Crippen LogP contribution in [-0.2, 0) is 9.53 Å². The van der Waals surface area contributed by atoms with Crippen molar-refractivity contribution in [2.24, 2.45) is 9.98 Å². The number of methoxy groups -OCH3 is 1. The molecule has 1 amide bonds. The van der Waals surface area contributed by atoms with Crippen LogP contribution in [-0.4, -0.2) is 29.6 Å². The molecule has 17 heavy (non-hydrogen) atoms. The molecular formula is C11H7BrN2O2S. The molecule has 0 saturated heterocycles. The van der Waals surface area contributed by atoms with Crippen molar-refractivity contribution in [3.8, 4) is 0 Å². The molecule has 0 fully saturated rings. The number of halogens is 1. The molecule has 0 aromatic heterocycles. The Morgan fingerprint density at radius 1 is 1.47 bits per heavy atom. The number of fused-ring (bicyclic) bond motifs is 2. The summed E-state index contributed by atoms with van der Waals surface area (Å²) in [6.07, 6.45) is 5.11. The van der Waals surface area contributed by atoms with Crippen LogP contribution < -0.4 is 0 Å². The highest BCUT2D eigenvalue weighted by Crippen LogP contribution is 2.45. The molecule has 4 nitrogen and oxygen atoms in total. The lowest BCUT2D eigenvalue weighted by Crippen LogP contribution is -2.13. The van der Waals surface area contributed by atoms with Gasteiger partial charge in [-0.15, -0.1) is 0 Å². The van der Waals surface area contributed by atoms with Crippen LogP contribution in [0, 0.1) is 0 Å². The first-order valence-corrected chi connectivity index (χ1v) is 6.57. The highest BCUT2D eigenvalue weighted by Gasteiger charge is 2.39. The lowest BCUT2D eigenvalue weighted by atomic mass is 9.99. The van der Waals surface area contributed by atoms with E-state index in [-0.39, 0.29) is 11.2 Å². The summed E-state index contributed by atoms with van der Waals surface area (Å²) in [6.45, 7) is 0. The van der Waals surface area contributed by atoms with Gasteiger partial charge < -0.3 is 4.74 Å². The number of nitrogens with zero attached hydrogens (tertiary/aromatic N) is 2. The summed E-state index contributed by atoms with van der Waals surface area (Å²) in [5.74, 6) is 0.586. The van der Waals surface area contributed by atoms with Crippen LogP contribution in [0.2, 0.25) is 0 Å². The van der Waals surface area contributed by atoms with Gasteiger partial charge in [0.15, 0.2) is 0 Å². The first-order chi connectivity index (χ1) is 8.22. The molecule has 3 rings (SSSR count). The summed E-state index contributed by atoms with van der Waals surface area (Å²) >= 11 is 4.96. The van der Waals surface area contributed by atoms with E-state index in [4.69, 9.17) is 4.74 Å². The van der Waals surface area contributed by atoms with Gasteiger partial charge in [-0.25, -0.2) is 4.99 Å². The van der Waals surface area contributed by atoms with Crippen LogP contribution in [0.5, 0.6) is 0 Å². The van der Waals surface area contributed by atoms with Crippen LogP contribution in [0.1, 0.15) is 0 Å². The number of aliphatic imine (C=N–C) groups is 2. The molecule has 1 atom stereocenters. The van der Waals surface area contributed by atoms with Gasteiger partial charge in [0.05, 0.1) is 22.4 Å². The zero-order valence-corrected chi connectivity index (χ0v) is 11.2. The Morgan fingerprint density at radius 2 is 2.29 bits per heavy atom. The van der Waals surface area contributed by atoms with Crippen molar-refractivity contribution in [1.29, 1.82) is 0 Å². The van der Waals surface area contributed by atoms with Gasteiger partial charge in [0, 0.05) is 0 Å². The number of hydrogen-bond acceptors (Lipinski definition) is 4. The lowest BCUT2D eigenvalue weighted by Gasteiger charge is -2.19. The van der Waals surface area contributed by atoms with Crippen LogP contribution in [0.3, 0.4) is 0 Å². The number of carbonyl (C=O) groups excluding carboxylic acids is 1. The largest absolute Gasteiger partial charge is 0.498 e. The Morgan fingerprint density at radius 3 is 3.06 bits per heavy atom. The maximum absolute atomic E-state index is 11.8. The smallest absolute Gasteiger partial charge is 0.281 e. The molecule has 1 unspecified atom stereocenters. The van der Waals surface area contributed by atoms with E-state index in [0.29, 0.717) is 5.57 Å². The minimum Gasteiger partial charge on any atom is -0.498 e. The third-order valence-electron chi connectivity index (χ3n) is 2.68. The average molecular weight is 311 g/mol. The Bertz CT molecular complexity index is 572. The minimum atomic E-state index is -0.224. The molecule has 0 aromatic carbocycles. The molecule has 2 aliphatic heterocycles. The highest BCUT2D eigenvalue weighted by molar-refractivity contribution is 9.11. The number of allylic oxidation sites excluding steroid dienone is 3. The third kappa shape index (κ3) is 1.55. The zero-order valence-electron chi connectivity index (χ0n) is 8.81. The van der Waals surface area contributed by atoms with Crippen molar-refractivity contribution in [1.82, 2.24) is 0 Å². The van der Waals surface area contributed by atoms with E-state index in [1.165, 1.54) is 18.1 Å². The van der Waals surface area contributed by atoms with Gasteiger partial charge in [0.1, 0.15) is 17.1 Å². The summed E-state index contributed by atoms with van der Waals surface area (Å²) < 4.78 is 6.28. The van der Waals surface area contributed by atoms with Crippen LogP contribution in [0.4, 0.5) is 0 Å². The Kier molecular flexibility index (Phi) is 2.56. The Balaban J connectivity index is 2.15. The molecule has 3 aliphatic rings. The van der Waals surface area contributed by atoms with Crippen molar-refractivity contribution < 1.29 is 9.53 Å². The molecule has 6 heteroatoms. The topological polar surface area (TPSA) is 51.0 Å². The fourth-order valence-corrected chi connectivity index (χ4v) is 3.92. The number of hydrogen-bond donors (Lipinski definition) is 0. The molecule has 0 N–H and O–H groups in total. The fraction of sp³-hybridized carbons (Fsp3) is 0.182. The Labute approximate surface area is 110 Å². The normalized spacial score (nSPS) is 26.1. The maximum atomic E-state index is 11.8. The second-order valence-electron chi connectivity index (χ2n) is 3.56.